The average Bonchev–Trinajstić information content (AvgIpc) is 2.72. The first-order valence-corrected chi connectivity index (χ1v) is 5.54. The van der Waals surface area contributed by atoms with Gasteiger partial charge in [-0.2, -0.15) is 0 Å². The van der Waals surface area contributed by atoms with Crippen molar-refractivity contribution in [1.29, 1.82) is 0 Å². The van der Waals surface area contributed by atoms with Crippen LogP contribution >= 0.6 is 12.4 Å². The van der Waals surface area contributed by atoms with Crippen LogP contribution in [0.5, 0.6) is 0 Å². The lowest BCUT2D eigenvalue weighted by molar-refractivity contribution is -0.142. The van der Waals surface area contributed by atoms with Gasteiger partial charge in [0, 0.05) is 19.0 Å². The van der Waals surface area contributed by atoms with E-state index < -0.39 is 12.0 Å². The summed E-state index contributed by atoms with van der Waals surface area (Å²) in [4.78, 5) is 18.6. The van der Waals surface area contributed by atoms with Gasteiger partial charge in [0.05, 0.1) is 12.8 Å². The number of nitrogens with one attached hydrogen (secondary N) is 1. The molecule has 1 unspecified atom stereocenters. The van der Waals surface area contributed by atoms with E-state index in [-0.39, 0.29) is 12.4 Å². The summed E-state index contributed by atoms with van der Waals surface area (Å²) in [5, 5.41) is 0. The van der Waals surface area contributed by atoms with Gasteiger partial charge in [0.2, 0.25) is 0 Å². The van der Waals surface area contributed by atoms with E-state index in [0.717, 1.165) is 30.8 Å². The molecule has 0 amide bonds. The maximum Gasteiger partial charge on any atom is 0.323 e. The number of halogens is 1. The van der Waals surface area contributed by atoms with Crippen molar-refractivity contribution in [3.63, 3.8) is 0 Å². The Balaban J connectivity index is 0.00000256. The van der Waals surface area contributed by atoms with Crippen LogP contribution in [0.15, 0.2) is 6.20 Å². The van der Waals surface area contributed by atoms with E-state index in [1.807, 2.05) is 0 Å². The molecule has 0 aliphatic rings. The molecule has 0 bridgehead atoms. The third kappa shape index (κ3) is 5.19. The number of aromatic nitrogens is 2. The molecule has 98 valence electrons. The molecule has 0 aliphatic heterocycles. The summed E-state index contributed by atoms with van der Waals surface area (Å²) in [6.45, 7) is 2.14. The second-order valence-corrected chi connectivity index (χ2v) is 3.78. The summed E-state index contributed by atoms with van der Waals surface area (Å²) < 4.78 is 4.55. The summed E-state index contributed by atoms with van der Waals surface area (Å²) in [5.74, 6) is 0.548. The first kappa shape index (κ1) is 15.9. The number of ether oxygens (including phenoxy) is 1. The summed E-state index contributed by atoms with van der Waals surface area (Å²) in [6, 6.07) is -0.632. The van der Waals surface area contributed by atoms with Crippen LogP contribution < -0.4 is 5.73 Å². The third-order valence-electron chi connectivity index (χ3n) is 2.38. The maximum atomic E-state index is 11.1. The van der Waals surface area contributed by atoms with Crippen molar-refractivity contribution in [1.82, 2.24) is 9.97 Å². The Morgan fingerprint density at radius 1 is 1.65 bits per heavy atom. The summed E-state index contributed by atoms with van der Waals surface area (Å²) in [7, 11) is 1.33. The zero-order chi connectivity index (χ0) is 12.0. The minimum atomic E-state index is -0.632. The number of methoxy groups -OCH3 is 1. The van der Waals surface area contributed by atoms with Gasteiger partial charge in [0.25, 0.3) is 0 Å². The molecular formula is C11H20ClN3O2. The quantitative estimate of drug-likeness (QED) is 0.755. The number of esters is 1. The average molecular weight is 262 g/mol. The maximum absolute atomic E-state index is 11.1. The van der Waals surface area contributed by atoms with Crippen LogP contribution in [-0.2, 0) is 22.4 Å². The molecule has 0 spiro atoms. The van der Waals surface area contributed by atoms with Gasteiger partial charge in [-0.3, -0.25) is 4.79 Å². The normalized spacial score (nSPS) is 11.7. The number of unbranched alkanes of at least 4 members (excludes halogenated alkanes) is 1. The zero-order valence-electron chi connectivity index (χ0n) is 10.2. The molecule has 3 N–H and O–H groups in total. The topological polar surface area (TPSA) is 81.0 Å². The molecule has 0 saturated carbocycles. The highest BCUT2D eigenvalue weighted by molar-refractivity contribution is 5.85. The van der Waals surface area contributed by atoms with E-state index in [0.29, 0.717) is 6.42 Å². The van der Waals surface area contributed by atoms with Crippen LogP contribution in [-0.4, -0.2) is 29.1 Å². The molecule has 6 heteroatoms. The van der Waals surface area contributed by atoms with Crippen molar-refractivity contribution in [2.45, 2.75) is 38.6 Å². The largest absolute Gasteiger partial charge is 0.468 e. The van der Waals surface area contributed by atoms with Gasteiger partial charge in [0.15, 0.2) is 0 Å². The van der Waals surface area contributed by atoms with Crippen molar-refractivity contribution >= 4 is 18.4 Å². The monoisotopic (exact) mass is 261 g/mol. The number of carbonyl (C=O) groups is 1. The van der Waals surface area contributed by atoms with Crippen molar-refractivity contribution in [2.75, 3.05) is 7.11 Å². The molecule has 0 saturated heterocycles. The molecule has 0 fully saturated rings. The van der Waals surface area contributed by atoms with E-state index >= 15 is 0 Å². The molecule has 1 rings (SSSR count). The predicted molar refractivity (Wildman–Crippen MR) is 68.1 cm³/mol. The minimum Gasteiger partial charge on any atom is -0.468 e. The zero-order valence-corrected chi connectivity index (χ0v) is 11.0. The molecule has 0 aliphatic carbocycles. The summed E-state index contributed by atoms with van der Waals surface area (Å²) in [6.07, 6.45) is 5.39. The predicted octanol–water partition coefficient (Wildman–Crippen LogP) is 1.22. The lowest BCUT2D eigenvalue weighted by Crippen LogP contribution is -2.33. The summed E-state index contributed by atoms with van der Waals surface area (Å²) >= 11 is 0. The van der Waals surface area contributed by atoms with Gasteiger partial charge < -0.3 is 15.5 Å². The fraction of sp³-hybridized carbons (Fsp3) is 0.636. The summed E-state index contributed by atoms with van der Waals surface area (Å²) in [5.41, 5.74) is 6.45. The SMILES string of the molecule is CCCCc1nc(CC(N)C(=O)OC)c[nH]1.Cl. The number of aromatic amines is 1. The molecule has 0 radical (unpaired) electrons. The first-order valence-electron chi connectivity index (χ1n) is 5.54. The van der Waals surface area contributed by atoms with Crippen LogP contribution in [0.25, 0.3) is 0 Å². The molecule has 0 aromatic carbocycles. The smallest absolute Gasteiger partial charge is 0.323 e. The van der Waals surface area contributed by atoms with Gasteiger partial charge in [-0.25, -0.2) is 4.98 Å². The number of nitrogens with two attached hydrogens (primary N) is 1. The molecule has 1 atom stereocenters. The second-order valence-electron chi connectivity index (χ2n) is 3.78. The Morgan fingerprint density at radius 3 is 2.94 bits per heavy atom. The fourth-order valence-corrected chi connectivity index (χ4v) is 1.44. The Bertz CT molecular complexity index is 341. The van der Waals surface area contributed by atoms with Crippen molar-refractivity contribution in [3.05, 3.63) is 17.7 Å². The molecular weight excluding hydrogens is 242 g/mol. The Hall–Kier alpha value is -1.07. The number of aryl methyl sites for hydroxylation is 1. The molecule has 1 heterocycles. The Labute approximate surface area is 108 Å². The first-order chi connectivity index (χ1) is 7.67. The highest BCUT2D eigenvalue weighted by Gasteiger charge is 2.15. The van der Waals surface area contributed by atoms with Crippen molar-refractivity contribution in [3.8, 4) is 0 Å². The number of hydrogen-bond donors (Lipinski definition) is 2. The van der Waals surface area contributed by atoms with E-state index in [9.17, 15) is 4.79 Å². The van der Waals surface area contributed by atoms with Gasteiger partial charge >= 0.3 is 5.97 Å². The van der Waals surface area contributed by atoms with Crippen LogP contribution in [0.4, 0.5) is 0 Å². The van der Waals surface area contributed by atoms with Gasteiger partial charge in [-0.1, -0.05) is 13.3 Å². The number of rotatable bonds is 6. The van der Waals surface area contributed by atoms with E-state index in [1.54, 1.807) is 6.20 Å². The lowest BCUT2D eigenvalue weighted by atomic mass is 10.2. The van der Waals surface area contributed by atoms with Crippen LogP contribution in [0, 0.1) is 0 Å². The third-order valence-corrected chi connectivity index (χ3v) is 2.38. The van der Waals surface area contributed by atoms with Gasteiger partial charge in [-0.05, 0) is 6.42 Å². The molecule has 17 heavy (non-hydrogen) atoms. The Morgan fingerprint density at radius 2 is 2.35 bits per heavy atom. The lowest BCUT2D eigenvalue weighted by Gasteiger charge is -2.06. The van der Waals surface area contributed by atoms with E-state index in [4.69, 9.17) is 5.73 Å². The fourth-order valence-electron chi connectivity index (χ4n) is 1.44. The van der Waals surface area contributed by atoms with Crippen LogP contribution in [0.2, 0.25) is 0 Å². The number of imidazole rings is 1. The highest BCUT2D eigenvalue weighted by Crippen LogP contribution is 2.04. The van der Waals surface area contributed by atoms with Gasteiger partial charge in [0.1, 0.15) is 11.9 Å². The van der Waals surface area contributed by atoms with E-state index in [1.165, 1.54) is 7.11 Å². The number of nitrogens with zero attached hydrogens (tertiary/aromatic N) is 1. The number of hydrogen-bond acceptors (Lipinski definition) is 4. The molecule has 5 nitrogen and oxygen atoms in total. The molecule has 1 aromatic heterocycles. The van der Waals surface area contributed by atoms with Crippen LogP contribution in [0.3, 0.4) is 0 Å². The van der Waals surface area contributed by atoms with Crippen LogP contribution in [0.1, 0.15) is 31.3 Å². The van der Waals surface area contributed by atoms with Gasteiger partial charge in [-0.15, -0.1) is 12.4 Å². The highest BCUT2D eigenvalue weighted by atomic mass is 35.5. The minimum absolute atomic E-state index is 0. The van der Waals surface area contributed by atoms with E-state index in [2.05, 4.69) is 21.6 Å². The number of H-pyrrole nitrogens is 1. The second kappa shape index (κ2) is 8.08. The van der Waals surface area contributed by atoms with Crippen molar-refractivity contribution in [2.24, 2.45) is 5.73 Å². The number of carbonyl (C=O) groups excluding carboxylic acids is 1. The standard InChI is InChI=1S/C11H19N3O2.ClH/c1-3-4-5-10-13-7-8(14-10)6-9(12)11(15)16-2;/h7,9H,3-6,12H2,1-2H3,(H,13,14);1H. The molecule has 1 aromatic rings. The van der Waals surface area contributed by atoms with Crippen molar-refractivity contribution < 1.29 is 9.53 Å². The Kier molecular flexibility index (Phi) is 7.58.